The molecule has 0 radical (unpaired) electrons. The fourth-order valence-corrected chi connectivity index (χ4v) is 2.98. The molecule has 4 N–H and O–H groups in total. The average molecular weight is 391 g/mol. The van der Waals surface area contributed by atoms with Gasteiger partial charge in [0.15, 0.2) is 0 Å². The van der Waals surface area contributed by atoms with Gasteiger partial charge in [-0.15, -0.1) is 0 Å². The Morgan fingerprint density at radius 1 is 0.690 bits per heavy atom. The smallest absolute Gasteiger partial charge is 0.119 e. The molecule has 0 saturated heterocycles. The van der Waals surface area contributed by atoms with Crippen LogP contribution >= 0.6 is 0 Å². The molecule has 3 aromatic rings. The predicted molar refractivity (Wildman–Crippen MR) is 118 cm³/mol. The molecule has 4 heteroatoms. The largest absolute Gasteiger partial charge is 0.489 e. The average Bonchev–Trinajstić information content (AvgIpc) is 2.77. The summed E-state index contributed by atoms with van der Waals surface area (Å²) in [5.41, 5.74) is 16.0. The van der Waals surface area contributed by atoms with Crippen molar-refractivity contribution in [2.75, 3.05) is 6.54 Å². The Kier molecular flexibility index (Phi) is 6.91. The van der Waals surface area contributed by atoms with Crippen molar-refractivity contribution in [1.29, 1.82) is 0 Å². The summed E-state index contributed by atoms with van der Waals surface area (Å²) in [6.07, 6.45) is 0. The lowest BCUT2D eigenvalue weighted by Gasteiger charge is -2.23. The Labute approximate surface area is 173 Å². The number of nitrogens with two attached hydrogens (primary N) is 2. The second kappa shape index (κ2) is 9.59. The fourth-order valence-electron chi connectivity index (χ4n) is 2.98. The first-order chi connectivity index (χ1) is 14.0. The quantitative estimate of drug-likeness (QED) is 0.563. The van der Waals surface area contributed by atoms with Crippen LogP contribution in [0.15, 0.2) is 72.8 Å². The van der Waals surface area contributed by atoms with Crippen LogP contribution in [0, 0.1) is 0 Å². The van der Waals surface area contributed by atoms with Gasteiger partial charge in [-0.3, -0.25) is 0 Å². The van der Waals surface area contributed by atoms with E-state index in [0.717, 1.165) is 28.2 Å². The lowest BCUT2D eigenvalue weighted by Crippen LogP contribution is -2.27. The maximum atomic E-state index is 5.95. The third-order valence-electron chi connectivity index (χ3n) is 5.11. The van der Waals surface area contributed by atoms with Crippen molar-refractivity contribution in [2.45, 2.75) is 39.0 Å². The van der Waals surface area contributed by atoms with Crippen LogP contribution < -0.4 is 20.9 Å². The van der Waals surface area contributed by atoms with E-state index < -0.39 is 0 Å². The van der Waals surface area contributed by atoms with E-state index in [1.54, 1.807) is 0 Å². The molecule has 0 amide bonds. The zero-order valence-electron chi connectivity index (χ0n) is 17.2. The van der Waals surface area contributed by atoms with Crippen molar-refractivity contribution in [1.82, 2.24) is 0 Å². The molecule has 4 nitrogen and oxygen atoms in total. The van der Waals surface area contributed by atoms with Gasteiger partial charge in [-0.05, 0) is 52.6 Å². The van der Waals surface area contributed by atoms with Gasteiger partial charge in [-0.25, -0.2) is 0 Å². The van der Waals surface area contributed by atoms with E-state index >= 15 is 0 Å². The summed E-state index contributed by atoms with van der Waals surface area (Å²) in [6.45, 7) is 6.46. The van der Waals surface area contributed by atoms with Gasteiger partial charge in [-0.2, -0.15) is 0 Å². The van der Waals surface area contributed by atoms with Crippen molar-refractivity contribution >= 4 is 0 Å². The summed E-state index contributed by atoms with van der Waals surface area (Å²) >= 11 is 0. The van der Waals surface area contributed by atoms with E-state index in [2.05, 4.69) is 44.2 Å². The Balaban J connectivity index is 1.55. The van der Waals surface area contributed by atoms with Crippen LogP contribution in [0.4, 0.5) is 0 Å². The molecule has 0 saturated carbocycles. The molecule has 0 aliphatic carbocycles. The molecule has 3 rings (SSSR count). The van der Waals surface area contributed by atoms with Gasteiger partial charge in [0.05, 0.1) is 0 Å². The highest BCUT2D eigenvalue weighted by molar-refractivity contribution is 5.32. The van der Waals surface area contributed by atoms with Crippen molar-refractivity contribution in [3.63, 3.8) is 0 Å². The molecule has 152 valence electrons. The third kappa shape index (κ3) is 5.83. The van der Waals surface area contributed by atoms with Gasteiger partial charge in [0.2, 0.25) is 0 Å². The van der Waals surface area contributed by atoms with Crippen LogP contribution in [0.3, 0.4) is 0 Å². The van der Waals surface area contributed by atoms with Crippen molar-refractivity contribution in [3.8, 4) is 11.5 Å². The Hall–Kier alpha value is -2.82. The summed E-state index contributed by atoms with van der Waals surface area (Å²) in [5.74, 6) is 1.69. The monoisotopic (exact) mass is 390 g/mol. The molecule has 0 aromatic heterocycles. The fraction of sp³-hybridized carbons (Fsp3) is 0.280. The molecule has 29 heavy (non-hydrogen) atoms. The van der Waals surface area contributed by atoms with E-state index in [0.29, 0.717) is 26.3 Å². The predicted octanol–water partition coefficient (Wildman–Crippen LogP) is 4.54. The molecule has 3 aromatic carbocycles. The topological polar surface area (TPSA) is 70.5 Å². The van der Waals surface area contributed by atoms with Crippen LogP contribution in [-0.2, 0) is 25.2 Å². The summed E-state index contributed by atoms with van der Waals surface area (Å²) in [6, 6.07) is 24.3. The van der Waals surface area contributed by atoms with Gasteiger partial charge in [0.1, 0.15) is 24.7 Å². The number of hydrogen-bond donors (Lipinski definition) is 2. The molecule has 0 unspecified atom stereocenters. The lowest BCUT2D eigenvalue weighted by molar-refractivity contribution is 0.299. The first kappa shape index (κ1) is 20.9. The third-order valence-corrected chi connectivity index (χ3v) is 5.11. The molecule has 0 bridgehead atoms. The number of benzene rings is 3. The Bertz CT molecular complexity index is 903. The van der Waals surface area contributed by atoms with Crippen LogP contribution in [0.25, 0.3) is 0 Å². The SMILES string of the molecule is CC(C)(CN)c1ccc(OCc2cccc(COc3ccc(CN)cc3)c2)cc1. The Morgan fingerprint density at radius 2 is 1.21 bits per heavy atom. The van der Waals surface area contributed by atoms with Gasteiger partial charge in [0, 0.05) is 18.5 Å². The zero-order chi connectivity index (χ0) is 20.7. The summed E-state index contributed by atoms with van der Waals surface area (Å²) in [7, 11) is 0. The van der Waals surface area contributed by atoms with E-state index in [9.17, 15) is 0 Å². The van der Waals surface area contributed by atoms with E-state index in [1.807, 2.05) is 42.5 Å². The standard InChI is InChI=1S/C25H30N2O2/c1-25(2,18-27)22-8-12-24(13-9-22)29-17-21-5-3-4-20(14-21)16-28-23-10-6-19(15-26)7-11-23/h3-14H,15-18,26-27H2,1-2H3. The molecule has 0 atom stereocenters. The van der Waals surface area contributed by atoms with E-state index in [1.165, 1.54) is 5.56 Å². The minimum Gasteiger partial charge on any atom is -0.489 e. The van der Waals surface area contributed by atoms with Crippen molar-refractivity contribution in [2.24, 2.45) is 11.5 Å². The molecular formula is C25H30N2O2. The molecule has 0 aliphatic heterocycles. The molecular weight excluding hydrogens is 360 g/mol. The second-order valence-electron chi connectivity index (χ2n) is 7.86. The van der Waals surface area contributed by atoms with Crippen LogP contribution in [0.1, 0.15) is 36.1 Å². The van der Waals surface area contributed by atoms with Gasteiger partial charge in [-0.1, -0.05) is 56.3 Å². The van der Waals surface area contributed by atoms with E-state index in [-0.39, 0.29) is 5.41 Å². The lowest BCUT2D eigenvalue weighted by atomic mass is 9.85. The van der Waals surface area contributed by atoms with E-state index in [4.69, 9.17) is 20.9 Å². The van der Waals surface area contributed by atoms with Crippen LogP contribution in [0.2, 0.25) is 0 Å². The summed E-state index contributed by atoms with van der Waals surface area (Å²) in [5, 5.41) is 0. The highest BCUT2D eigenvalue weighted by Crippen LogP contribution is 2.24. The first-order valence-corrected chi connectivity index (χ1v) is 9.93. The first-order valence-electron chi connectivity index (χ1n) is 9.93. The summed E-state index contributed by atoms with van der Waals surface area (Å²) < 4.78 is 11.8. The van der Waals surface area contributed by atoms with Crippen molar-refractivity contribution < 1.29 is 9.47 Å². The summed E-state index contributed by atoms with van der Waals surface area (Å²) in [4.78, 5) is 0. The number of rotatable bonds is 9. The highest BCUT2D eigenvalue weighted by atomic mass is 16.5. The maximum Gasteiger partial charge on any atom is 0.119 e. The van der Waals surface area contributed by atoms with Crippen molar-refractivity contribution in [3.05, 3.63) is 95.1 Å². The van der Waals surface area contributed by atoms with Crippen LogP contribution in [0.5, 0.6) is 11.5 Å². The Morgan fingerprint density at radius 3 is 1.69 bits per heavy atom. The zero-order valence-corrected chi connectivity index (χ0v) is 17.2. The van der Waals surface area contributed by atoms with Gasteiger partial charge < -0.3 is 20.9 Å². The molecule has 0 fully saturated rings. The maximum absolute atomic E-state index is 5.95. The van der Waals surface area contributed by atoms with Gasteiger partial charge >= 0.3 is 0 Å². The normalized spacial score (nSPS) is 11.3. The molecule has 0 heterocycles. The number of hydrogen-bond acceptors (Lipinski definition) is 4. The molecule has 0 aliphatic rings. The molecule has 0 spiro atoms. The number of ether oxygens (including phenoxy) is 2. The highest BCUT2D eigenvalue weighted by Gasteiger charge is 2.18. The minimum absolute atomic E-state index is 0.0303. The second-order valence-corrected chi connectivity index (χ2v) is 7.86. The minimum atomic E-state index is -0.0303. The van der Waals surface area contributed by atoms with Crippen LogP contribution in [-0.4, -0.2) is 6.54 Å². The van der Waals surface area contributed by atoms with Gasteiger partial charge in [0.25, 0.3) is 0 Å².